The summed E-state index contributed by atoms with van der Waals surface area (Å²) in [6.07, 6.45) is 2.73. The Hall–Kier alpha value is 0.270. The largest absolute Gasteiger partial charge is 0.330 e. The van der Waals surface area contributed by atoms with Crippen LogP contribution in [0, 0.1) is 11.3 Å². The number of thioether (sulfide) groups is 1. The van der Waals surface area contributed by atoms with E-state index in [0.717, 1.165) is 12.5 Å². The predicted octanol–water partition coefficient (Wildman–Crippen LogP) is 1.41. The standard InChI is InChI=1S/C11H22N2S/c1-11(8-12)3-4-13(9-11)6-10-2-5-14-7-10/h10H,2-9,12H2,1H3. The van der Waals surface area contributed by atoms with E-state index in [2.05, 4.69) is 23.6 Å². The number of hydrogen-bond donors (Lipinski definition) is 1. The summed E-state index contributed by atoms with van der Waals surface area (Å²) in [5.41, 5.74) is 6.22. The van der Waals surface area contributed by atoms with E-state index in [1.54, 1.807) is 0 Å². The van der Waals surface area contributed by atoms with Gasteiger partial charge in [0.05, 0.1) is 0 Å². The Morgan fingerprint density at radius 3 is 3.00 bits per heavy atom. The van der Waals surface area contributed by atoms with Gasteiger partial charge in [0, 0.05) is 13.1 Å². The van der Waals surface area contributed by atoms with Crippen LogP contribution in [-0.2, 0) is 0 Å². The van der Waals surface area contributed by atoms with Crippen LogP contribution in [0.3, 0.4) is 0 Å². The Kier molecular flexibility index (Phi) is 3.40. The molecule has 0 spiro atoms. The molecule has 2 aliphatic rings. The average molecular weight is 214 g/mol. The van der Waals surface area contributed by atoms with Crippen LogP contribution >= 0.6 is 11.8 Å². The van der Waals surface area contributed by atoms with Gasteiger partial charge >= 0.3 is 0 Å². The highest BCUT2D eigenvalue weighted by Crippen LogP contribution is 2.31. The van der Waals surface area contributed by atoms with Crippen molar-refractivity contribution in [3.8, 4) is 0 Å². The van der Waals surface area contributed by atoms with Gasteiger partial charge in [-0.3, -0.25) is 0 Å². The van der Waals surface area contributed by atoms with Crippen molar-refractivity contribution in [3.63, 3.8) is 0 Å². The molecule has 82 valence electrons. The zero-order valence-electron chi connectivity index (χ0n) is 9.17. The van der Waals surface area contributed by atoms with Crippen LogP contribution < -0.4 is 5.73 Å². The Balaban J connectivity index is 1.78. The summed E-state index contributed by atoms with van der Waals surface area (Å²) in [7, 11) is 0. The van der Waals surface area contributed by atoms with Gasteiger partial charge in [0.15, 0.2) is 0 Å². The van der Waals surface area contributed by atoms with Crippen molar-refractivity contribution < 1.29 is 0 Å². The van der Waals surface area contributed by atoms with Crippen molar-refractivity contribution in [2.75, 3.05) is 37.7 Å². The number of rotatable bonds is 3. The van der Waals surface area contributed by atoms with E-state index >= 15 is 0 Å². The molecule has 2 atom stereocenters. The fraction of sp³-hybridized carbons (Fsp3) is 1.00. The molecule has 3 heteroatoms. The van der Waals surface area contributed by atoms with Crippen LogP contribution in [0.1, 0.15) is 19.8 Å². The molecule has 2 nitrogen and oxygen atoms in total. The van der Waals surface area contributed by atoms with E-state index in [1.807, 2.05) is 0 Å². The Morgan fingerprint density at radius 2 is 2.43 bits per heavy atom. The maximum absolute atomic E-state index is 5.81. The Labute approximate surface area is 91.6 Å². The summed E-state index contributed by atoms with van der Waals surface area (Å²) in [6, 6.07) is 0. The van der Waals surface area contributed by atoms with E-state index < -0.39 is 0 Å². The van der Waals surface area contributed by atoms with Gasteiger partial charge in [0.25, 0.3) is 0 Å². The van der Waals surface area contributed by atoms with Crippen molar-refractivity contribution >= 4 is 11.8 Å². The van der Waals surface area contributed by atoms with Gasteiger partial charge in [-0.1, -0.05) is 6.92 Å². The van der Waals surface area contributed by atoms with Crippen LogP contribution in [0.5, 0.6) is 0 Å². The molecule has 0 saturated carbocycles. The zero-order chi connectivity index (χ0) is 10.0. The molecule has 2 aliphatic heterocycles. The fourth-order valence-electron chi connectivity index (χ4n) is 2.54. The van der Waals surface area contributed by atoms with E-state index in [0.29, 0.717) is 5.41 Å². The molecule has 2 unspecified atom stereocenters. The van der Waals surface area contributed by atoms with Crippen molar-refractivity contribution in [2.24, 2.45) is 17.1 Å². The lowest BCUT2D eigenvalue weighted by Gasteiger charge is -2.24. The fourth-order valence-corrected chi connectivity index (χ4v) is 3.81. The second kappa shape index (κ2) is 4.42. The first kappa shape index (κ1) is 10.8. The predicted molar refractivity (Wildman–Crippen MR) is 63.7 cm³/mol. The topological polar surface area (TPSA) is 29.3 Å². The van der Waals surface area contributed by atoms with Crippen molar-refractivity contribution in [1.29, 1.82) is 0 Å². The summed E-state index contributed by atoms with van der Waals surface area (Å²) >= 11 is 2.12. The van der Waals surface area contributed by atoms with Gasteiger partial charge in [0.2, 0.25) is 0 Å². The molecule has 0 aromatic heterocycles. The molecule has 2 rings (SSSR count). The first-order valence-corrected chi connectivity index (χ1v) is 6.87. The maximum atomic E-state index is 5.81. The molecule has 0 amide bonds. The summed E-state index contributed by atoms with van der Waals surface area (Å²) in [6.45, 7) is 7.00. The monoisotopic (exact) mass is 214 g/mol. The molecule has 0 aromatic rings. The number of likely N-dealkylation sites (tertiary alicyclic amines) is 1. The lowest BCUT2D eigenvalue weighted by molar-refractivity contribution is 0.252. The third-order valence-corrected chi connectivity index (χ3v) is 4.90. The molecule has 0 aromatic carbocycles. The van der Waals surface area contributed by atoms with E-state index in [9.17, 15) is 0 Å². The molecular weight excluding hydrogens is 192 g/mol. The van der Waals surface area contributed by atoms with Crippen LogP contribution in [0.25, 0.3) is 0 Å². The molecule has 0 radical (unpaired) electrons. The molecule has 2 N–H and O–H groups in total. The van der Waals surface area contributed by atoms with E-state index in [4.69, 9.17) is 5.73 Å². The maximum Gasteiger partial charge on any atom is 0.00480 e. The lowest BCUT2D eigenvalue weighted by Crippen LogP contribution is -2.33. The normalized spacial score (nSPS) is 39.4. The van der Waals surface area contributed by atoms with E-state index in [-0.39, 0.29) is 0 Å². The minimum absolute atomic E-state index is 0.408. The third kappa shape index (κ3) is 2.44. The highest BCUT2D eigenvalue weighted by Gasteiger charge is 2.33. The van der Waals surface area contributed by atoms with Gasteiger partial charge in [-0.05, 0) is 48.8 Å². The molecule has 2 fully saturated rings. The molecule has 2 heterocycles. The quantitative estimate of drug-likeness (QED) is 0.770. The van der Waals surface area contributed by atoms with Gasteiger partial charge in [-0.15, -0.1) is 0 Å². The van der Waals surface area contributed by atoms with Crippen molar-refractivity contribution in [3.05, 3.63) is 0 Å². The number of hydrogen-bond acceptors (Lipinski definition) is 3. The Bertz CT molecular complexity index is 192. The Morgan fingerprint density at radius 1 is 1.57 bits per heavy atom. The molecule has 14 heavy (non-hydrogen) atoms. The SMILES string of the molecule is CC1(CN)CCN(CC2CCSC2)C1. The first-order valence-electron chi connectivity index (χ1n) is 5.72. The van der Waals surface area contributed by atoms with Crippen molar-refractivity contribution in [1.82, 2.24) is 4.90 Å². The second-order valence-electron chi connectivity index (χ2n) is 5.23. The minimum atomic E-state index is 0.408. The van der Waals surface area contributed by atoms with Crippen molar-refractivity contribution in [2.45, 2.75) is 19.8 Å². The van der Waals surface area contributed by atoms with Crippen LogP contribution in [0.2, 0.25) is 0 Å². The second-order valence-corrected chi connectivity index (χ2v) is 6.38. The first-order chi connectivity index (χ1) is 6.72. The van der Waals surface area contributed by atoms with Crippen LogP contribution in [0.4, 0.5) is 0 Å². The average Bonchev–Trinajstić information content (AvgIpc) is 2.78. The molecule has 2 saturated heterocycles. The van der Waals surface area contributed by atoms with Gasteiger partial charge in [-0.2, -0.15) is 11.8 Å². The summed E-state index contributed by atoms with van der Waals surface area (Å²) < 4.78 is 0. The summed E-state index contributed by atoms with van der Waals surface area (Å²) in [4.78, 5) is 2.63. The third-order valence-electron chi connectivity index (χ3n) is 3.67. The molecule has 0 aliphatic carbocycles. The highest BCUT2D eigenvalue weighted by molar-refractivity contribution is 7.99. The lowest BCUT2D eigenvalue weighted by atomic mass is 9.90. The highest BCUT2D eigenvalue weighted by atomic mass is 32.2. The van der Waals surface area contributed by atoms with Crippen LogP contribution in [0.15, 0.2) is 0 Å². The minimum Gasteiger partial charge on any atom is -0.330 e. The van der Waals surface area contributed by atoms with Gasteiger partial charge in [0.1, 0.15) is 0 Å². The summed E-state index contributed by atoms with van der Waals surface area (Å²) in [5, 5.41) is 0. The number of nitrogens with zero attached hydrogens (tertiary/aromatic N) is 1. The zero-order valence-corrected chi connectivity index (χ0v) is 9.98. The van der Waals surface area contributed by atoms with E-state index in [1.165, 1.54) is 44.0 Å². The molecular formula is C11H22N2S. The van der Waals surface area contributed by atoms with Gasteiger partial charge < -0.3 is 10.6 Å². The summed E-state index contributed by atoms with van der Waals surface area (Å²) in [5.74, 6) is 3.72. The van der Waals surface area contributed by atoms with Crippen LogP contribution in [-0.4, -0.2) is 42.6 Å². The van der Waals surface area contributed by atoms with Gasteiger partial charge in [-0.25, -0.2) is 0 Å². The molecule has 0 bridgehead atoms. The smallest absolute Gasteiger partial charge is 0.00480 e. The number of nitrogens with two attached hydrogens (primary N) is 1.